The van der Waals surface area contributed by atoms with E-state index in [4.69, 9.17) is 9.84 Å². The third-order valence-electron chi connectivity index (χ3n) is 3.99. The zero-order valence-corrected chi connectivity index (χ0v) is 14.7. The largest absolute Gasteiger partial charge is 0.482 e. The Morgan fingerprint density at radius 3 is 2.65 bits per heavy atom. The van der Waals surface area contributed by atoms with E-state index in [9.17, 15) is 14.4 Å². The fourth-order valence-electron chi connectivity index (χ4n) is 2.56. The predicted octanol–water partition coefficient (Wildman–Crippen LogP) is 1.39. The zero-order valence-electron chi connectivity index (χ0n) is 14.7. The van der Waals surface area contributed by atoms with E-state index < -0.39 is 12.6 Å². The van der Waals surface area contributed by atoms with Gasteiger partial charge in [0, 0.05) is 13.0 Å². The highest BCUT2D eigenvalue weighted by Gasteiger charge is 2.18. The summed E-state index contributed by atoms with van der Waals surface area (Å²) in [5.41, 5.74) is 3.82. The molecule has 8 heteroatoms. The van der Waals surface area contributed by atoms with Gasteiger partial charge in [-0.15, -0.1) is 0 Å². The fraction of sp³-hybridized carbons (Fsp3) is 0.444. The summed E-state index contributed by atoms with van der Waals surface area (Å²) in [4.78, 5) is 36.0. The SMILES string of the molecule is C/C(=N/NC(=O)CN1CCCCCC1=O)c1ccc(OCC(=O)O)cc1. The Bertz CT molecular complexity index is 685. The van der Waals surface area contributed by atoms with Crippen LogP contribution in [-0.4, -0.2) is 53.2 Å². The summed E-state index contributed by atoms with van der Waals surface area (Å²) in [5.74, 6) is -0.929. The second-order valence-electron chi connectivity index (χ2n) is 6.06. The van der Waals surface area contributed by atoms with Crippen molar-refractivity contribution in [3.63, 3.8) is 0 Å². The number of carboxylic acid groups (broad SMARTS) is 1. The van der Waals surface area contributed by atoms with Crippen molar-refractivity contribution in [2.75, 3.05) is 19.7 Å². The predicted molar refractivity (Wildman–Crippen MR) is 95.0 cm³/mol. The molecule has 8 nitrogen and oxygen atoms in total. The number of rotatable bonds is 7. The number of nitrogens with one attached hydrogen (secondary N) is 1. The molecule has 140 valence electrons. The van der Waals surface area contributed by atoms with Gasteiger partial charge in [-0.3, -0.25) is 9.59 Å². The molecule has 0 saturated carbocycles. The third-order valence-corrected chi connectivity index (χ3v) is 3.99. The number of benzene rings is 1. The van der Waals surface area contributed by atoms with Crippen LogP contribution in [0.15, 0.2) is 29.4 Å². The Hall–Kier alpha value is -2.90. The fourth-order valence-corrected chi connectivity index (χ4v) is 2.56. The maximum atomic E-state index is 12.0. The van der Waals surface area contributed by atoms with Crippen molar-refractivity contribution in [2.45, 2.75) is 32.6 Å². The number of carbonyl (C=O) groups excluding carboxylic acids is 2. The normalized spacial score (nSPS) is 15.3. The average Bonchev–Trinajstić information content (AvgIpc) is 2.83. The topological polar surface area (TPSA) is 108 Å². The van der Waals surface area contributed by atoms with Gasteiger partial charge in [-0.1, -0.05) is 6.42 Å². The molecule has 1 aromatic carbocycles. The lowest BCUT2D eigenvalue weighted by Crippen LogP contribution is -2.39. The lowest BCUT2D eigenvalue weighted by Gasteiger charge is -2.19. The van der Waals surface area contributed by atoms with Gasteiger partial charge in [-0.25, -0.2) is 10.2 Å². The lowest BCUT2D eigenvalue weighted by molar-refractivity contribution is -0.139. The van der Waals surface area contributed by atoms with Crippen LogP contribution in [0.4, 0.5) is 0 Å². The number of hydrazone groups is 1. The van der Waals surface area contributed by atoms with Crippen LogP contribution in [0.25, 0.3) is 0 Å². The summed E-state index contributed by atoms with van der Waals surface area (Å²) < 4.78 is 5.06. The average molecular weight is 361 g/mol. The van der Waals surface area contributed by atoms with Crippen molar-refractivity contribution < 1.29 is 24.2 Å². The van der Waals surface area contributed by atoms with Gasteiger partial charge in [-0.2, -0.15) is 5.10 Å². The van der Waals surface area contributed by atoms with Gasteiger partial charge in [0.25, 0.3) is 5.91 Å². The highest BCUT2D eigenvalue weighted by molar-refractivity contribution is 5.99. The number of amides is 2. The molecule has 2 rings (SSSR count). The molecule has 2 N–H and O–H groups in total. The Labute approximate surface area is 151 Å². The minimum atomic E-state index is -1.04. The molecular formula is C18H23N3O5. The van der Waals surface area contributed by atoms with E-state index >= 15 is 0 Å². The summed E-state index contributed by atoms with van der Waals surface area (Å²) in [5, 5.41) is 12.6. The van der Waals surface area contributed by atoms with Crippen LogP contribution in [0.5, 0.6) is 5.75 Å². The first-order valence-corrected chi connectivity index (χ1v) is 8.51. The molecule has 0 aliphatic carbocycles. The van der Waals surface area contributed by atoms with Crippen molar-refractivity contribution in [3.05, 3.63) is 29.8 Å². The molecule has 0 spiro atoms. The van der Waals surface area contributed by atoms with Gasteiger partial charge in [-0.05, 0) is 49.6 Å². The molecule has 1 heterocycles. The van der Waals surface area contributed by atoms with Gasteiger partial charge >= 0.3 is 5.97 Å². The number of carboxylic acids is 1. The summed E-state index contributed by atoms with van der Waals surface area (Å²) in [6.07, 6.45) is 3.29. The van der Waals surface area contributed by atoms with Crippen molar-refractivity contribution in [1.29, 1.82) is 0 Å². The first-order chi connectivity index (χ1) is 12.5. The third kappa shape index (κ3) is 6.19. The molecule has 1 aliphatic heterocycles. The van der Waals surface area contributed by atoms with Gasteiger partial charge < -0.3 is 14.7 Å². The molecule has 1 aromatic rings. The molecule has 2 amide bonds. The molecule has 1 saturated heterocycles. The summed E-state index contributed by atoms with van der Waals surface area (Å²) in [7, 11) is 0. The summed E-state index contributed by atoms with van der Waals surface area (Å²) in [6, 6.07) is 6.71. The Balaban J connectivity index is 1.87. The Kier molecular flexibility index (Phi) is 7.13. The number of ether oxygens (including phenoxy) is 1. The molecule has 1 aliphatic rings. The van der Waals surface area contributed by atoms with Crippen LogP contribution >= 0.6 is 0 Å². The van der Waals surface area contributed by atoms with E-state index in [-0.39, 0.29) is 18.4 Å². The highest BCUT2D eigenvalue weighted by atomic mass is 16.5. The van der Waals surface area contributed by atoms with Crippen LogP contribution < -0.4 is 10.2 Å². The Morgan fingerprint density at radius 2 is 1.96 bits per heavy atom. The second kappa shape index (κ2) is 9.55. The smallest absolute Gasteiger partial charge is 0.341 e. The van der Waals surface area contributed by atoms with Crippen LogP contribution in [0, 0.1) is 0 Å². The quantitative estimate of drug-likeness (QED) is 0.564. The van der Waals surface area contributed by atoms with Crippen molar-refractivity contribution >= 4 is 23.5 Å². The first kappa shape index (κ1) is 19.4. The van der Waals surface area contributed by atoms with E-state index in [0.29, 0.717) is 24.4 Å². The molecule has 26 heavy (non-hydrogen) atoms. The highest BCUT2D eigenvalue weighted by Crippen LogP contribution is 2.13. The number of nitrogens with zero attached hydrogens (tertiary/aromatic N) is 2. The Morgan fingerprint density at radius 1 is 1.23 bits per heavy atom. The molecular weight excluding hydrogens is 338 g/mol. The minimum absolute atomic E-state index is 0.00954. The van der Waals surface area contributed by atoms with Crippen LogP contribution in [0.2, 0.25) is 0 Å². The first-order valence-electron chi connectivity index (χ1n) is 8.51. The number of likely N-dealkylation sites (tertiary alicyclic amines) is 1. The van der Waals surface area contributed by atoms with Gasteiger partial charge in [0.1, 0.15) is 12.3 Å². The van der Waals surface area contributed by atoms with Crippen LogP contribution in [0.1, 0.15) is 38.2 Å². The number of aliphatic carboxylic acids is 1. The number of hydrogen-bond donors (Lipinski definition) is 2. The molecule has 0 radical (unpaired) electrons. The molecule has 0 unspecified atom stereocenters. The molecule has 0 bridgehead atoms. The van der Waals surface area contributed by atoms with Gasteiger partial charge in [0.2, 0.25) is 5.91 Å². The summed E-state index contributed by atoms with van der Waals surface area (Å²) in [6.45, 7) is 1.95. The van der Waals surface area contributed by atoms with Crippen LogP contribution in [-0.2, 0) is 14.4 Å². The second-order valence-corrected chi connectivity index (χ2v) is 6.06. The maximum Gasteiger partial charge on any atom is 0.341 e. The molecule has 1 fully saturated rings. The van der Waals surface area contributed by atoms with Gasteiger partial charge in [0.15, 0.2) is 6.61 Å². The maximum absolute atomic E-state index is 12.0. The van der Waals surface area contributed by atoms with E-state index in [0.717, 1.165) is 24.8 Å². The summed E-state index contributed by atoms with van der Waals surface area (Å²) >= 11 is 0. The van der Waals surface area contributed by atoms with Crippen molar-refractivity contribution in [2.24, 2.45) is 5.10 Å². The standard InChI is InChI=1S/C18H23N3O5/c1-13(14-6-8-15(9-7-14)26-12-18(24)25)19-20-16(22)11-21-10-4-2-3-5-17(21)23/h6-9H,2-5,10-12H2,1H3,(H,20,22)(H,24,25)/b19-13-. The molecule has 0 aromatic heterocycles. The zero-order chi connectivity index (χ0) is 18.9. The van der Waals surface area contributed by atoms with E-state index in [1.54, 1.807) is 36.1 Å². The van der Waals surface area contributed by atoms with Crippen LogP contribution in [0.3, 0.4) is 0 Å². The van der Waals surface area contributed by atoms with E-state index in [1.807, 2.05) is 0 Å². The lowest BCUT2D eigenvalue weighted by atomic mass is 10.1. The number of hydrogen-bond acceptors (Lipinski definition) is 5. The van der Waals surface area contributed by atoms with E-state index in [1.165, 1.54) is 0 Å². The number of carbonyl (C=O) groups is 3. The van der Waals surface area contributed by atoms with Crippen molar-refractivity contribution in [1.82, 2.24) is 10.3 Å². The van der Waals surface area contributed by atoms with Crippen molar-refractivity contribution in [3.8, 4) is 5.75 Å². The minimum Gasteiger partial charge on any atom is -0.482 e. The van der Waals surface area contributed by atoms with Gasteiger partial charge in [0.05, 0.1) is 5.71 Å². The van der Waals surface area contributed by atoms with E-state index in [2.05, 4.69) is 10.5 Å². The monoisotopic (exact) mass is 361 g/mol. The molecule has 0 atom stereocenters.